The molecule has 0 unspecified atom stereocenters. The fraction of sp³-hybridized carbons (Fsp3) is 0.750. The summed E-state index contributed by atoms with van der Waals surface area (Å²) in [6.07, 6.45) is 0.976. The van der Waals surface area contributed by atoms with Gasteiger partial charge in [-0.1, -0.05) is 6.92 Å². The minimum absolute atomic E-state index is 0.114. The molecule has 0 aromatic carbocycles. The molecular weight excluding hydrogens is 120 g/mol. The minimum Gasteiger partial charge on any atom is -0.346 e. The van der Waals surface area contributed by atoms with Crippen molar-refractivity contribution in [1.82, 2.24) is 10.4 Å². The van der Waals surface area contributed by atoms with Crippen LogP contribution in [0.1, 0.15) is 13.3 Å². The van der Waals surface area contributed by atoms with Crippen molar-refractivity contribution in [2.24, 2.45) is 0 Å². The fourth-order valence-corrected chi connectivity index (χ4v) is 0.530. The summed E-state index contributed by atoms with van der Waals surface area (Å²) in [6.45, 7) is 2.78. The third-order valence-electron chi connectivity index (χ3n) is 0.866. The quantitative estimate of drug-likeness (QED) is 0.539. The predicted molar refractivity (Wildman–Crippen MR) is 29.2 cm³/mol. The fourth-order valence-electron chi connectivity index (χ4n) is 0.530. The average molecular weight is 129 g/mol. The van der Waals surface area contributed by atoms with Gasteiger partial charge in [-0.25, -0.2) is 0 Å². The first-order chi connectivity index (χ1) is 4.33. The molecule has 5 heteroatoms. The van der Waals surface area contributed by atoms with Gasteiger partial charge in [-0.05, 0) is 0 Å². The summed E-state index contributed by atoms with van der Waals surface area (Å²) in [5, 5.41) is 7.23. The van der Waals surface area contributed by atoms with Crippen molar-refractivity contribution < 1.29 is 9.32 Å². The second-order valence-corrected chi connectivity index (χ2v) is 1.71. The molecule has 0 saturated carbocycles. The molecule has 1 aromatic rings. The predicted octanol–water partition coefficient (Wildman–Crippen LogP) is -0.651. The highest BCUT2D eigenvalue weighted by Crippen LogP contribution is 1.83. The number of nitrogens with two attached hydrogens (primary N) is 1. The van der Waals surface area contributed by atoms with E-state index >= 15 is 0 Å². The maximum atomic E-state index is 5.15. The van der Waals surface area contributed by atoms with Gasteiger partial charge in [0.2, 0.25) is 11.8 Å². The third kappa shape index (κ3) is 1.38. The Morgan fingerprint density at radius 2 is 2.56 bits per heavy atom. The van der Waals surface area contributed by atoms with Crippen molar-refractivity contribution in [2.45, 2.75) is 19.9 Å². The molecule has 0 fully saturated rings. The highest BCUT2D eigenvalue weighted by atomic mass is 16.5. The molecule has 1 aromatic heterocycles. The highest BCUT2D eigenvalue weighted by molar-refractivity contribution is 4.98. The summed E-state index contributed by atoms with van der Waals surface area (Å²) in [5.41, 5.74) is 5.15. The van der Waals surface area contributed by atoms with E-state index in [1.54, 1.807) is 0 Å². The number of anilines is 1. The molecule has 1 rings (SSSR count). The Labute approximate surface area is 52.4 Å². The lowest BCUT2D eigenvalue weighted by atomic mass is 10.5. The molecule has 0 aliphatic heterocycles. The lowest BCUT2D eigenvalue weighted by Crippen LogP contribution is -2.38. The molecule has 0 aliphatic carbocycles. The van der Waals surface area contributed by atoms with Crippen LogP contribution in [-0.4, -0.2) is 10.4 Å². The van der Waals surface area contributed by atoms with Gasteiger partial charge >= 0.3 is 6.01 Å². The van der Waals surface area contributed by atoms with E-state index in [-0.39, 0.29) is 6.01 Å². The molecule has 2 N–H and O–H groups in total. The van der Waals surface area contributed by atoms with Crippen molar-refractivity contribution in [3.8, 4) is 0 Å². The van der Waals surface area contributed by atoms with Crippen LogP contribution in [0.4, 0.5) is 6.01 Å². The molecule has 0 atom stereocenters. The largest absolute Gasteiger partial charge is 0.386 e. The van der Waals surface area contributed by atoms with Crippen LogP contribution in [0.3, 0.4) is 0 Å². The summed E-state index contributed by atoms with van der Waals surface area (Å²) in [6, 6.07) is 0.114. The number of hydrogen-bond donors (Lipinski definition) is 1. The lowest BCUT2D eigenvalue weighted by Gasteiger charge is -1.73. The highest BCUT2D eigenvalue weighted by Gasteiger charge is 2.07. The monoisotopic (exact) mass is 129 g/mol. The second kappa shape index (κ2) is 2.43. The third-order valence-corrected chi connectivity index (χ3v) is 0.866. The van der Waals surface area contributed by atoms with E-state index in [0.29, 0.717) is 0 Å². The molecule has 0 aliphatic rings. The molecule has 0 bridgehead atoms. The number of rotatable bonds is 2. The second-order valence-electron chi connectivity index (χ2n) is 1.71. The minimum atomic E-state index is 0.114. The maximum absolute atomic E-state index is 5.15. The van der Waals surface area contributed by atoms with Crippen molar-refractivity contribution in [1.29, 1.82) is 0 Å². The van der Waals surface area contributed by atoms with Crippen molar-refractivity contribution >= 4 is 6.01 Å². The number of hydrogen-bond acceptors (Lipinski definition) is 4. The van der Waals surface area contributed by atoms with E-state index < -0.39 is 0 Å². The Morgan fingerprint density at radius 3 is 3.00 bits per heavy atom. The van der Waals surface area contributed by atoms with Crippen LogP contribution in [0.25, 0.3) is 0 Å². The van der Waals surface area contributed by atoms with E-state index in [1.165, 1.54) is 4.80 Å². The Balaban J connectivity index is 2.61. The van der Waals surface area contributed by atoms with Crippen LogP contribution in [0.5, 0.6) is 0 Å². The van der Waals surface area contributed by atoms with Gasteiger partial charge in [0.15, 0.2) is 0 Å². The van der Waals surface area contributed by atoms with Gasteiger partial charge in [-0.3, -0.25) is 4.52 Å². The number of nitrogen functional groups attached to an aromatic ring is 1. The molecule has 0 amide bonds. The molecule has 0 radical (unpaired) electrons. The first-order valence-electron chi connectivity index (χ1n) is 2.82. The first kappa shape index (κ1) is 6.00. The maximum Gasteiger partial charge on any atom is 0.386 e. The number of nitrogens with zero attached hydrogens (tertiary/aromatic N) is 3. The van der Waals surface area contributed by atoms with E-state index in [4.69, 9.17) is 5.73 Å². The number of aromatic nitrogens is 3. The molecule has 1 heterocycles. The summed E-state index contributed by atoms with van der Waals surface area (Å²) in [5.74, 6) is 0. The summed E-state index contributed by atoms with van der Waals surface area (Å²) < 4.78 is 4.50. The smallest absolute Gasteiger partial charge is 0.346 e. The van der Waals surface area contributed by atoms with Gasteiger partial charge in [0, 0.05) is 6.42 Å². The average Bonchev–Trinajstić information content (AvgIpc) is 2.17. The summed E-state index contributed by atoms with van der Waals surface area (Å²) in [7, 11) is 0. The van der Waals surface area contributed by atoms with Gasteiger partial charge < -0.3 is 5.73 Å². The van der Waals surface area contributed by atoms with Crippen LogP contribution in [0.2, 0.25) is 0 Å². The van der Waals surface area contributed by atoms with Crippen molar-refractivity contribution in [3.05, 3.63) is 0 Å². The van der Waals surface area contributed by atoms with Crippen LogP contribution in [0.15, 0.2) is 4.52 Å². The van der Waals surface area contributed by atoms with E-state index in [1.807, 2.05) is 6.92 Å². The Kier molecular flexibility index (Phi) is 1.62. The molecule has 9 heavy (non-hydrogen) atoms. The Morgan fingerprint density at radius 1 is 1.78 bits per heavy atom. The zero-order valence-electron chi connectivity index (χ0n) is 5.24. The first-order valence-corrected chi connectivity index (χ1v) is 2.82. The SMILES string of the molecule is CCC[n+]1noc(N)n1. The Hall–Kier alpha value is -1.13. The van der Waals surface area contributed by atoms with Crippen LogP contribution >= 0.6 is 0 Å². The zero-order valence-corrected chi connectivity index (χ0v) is 5.24. The van der Waals surface area contributed by atoms with Crippen LogP contribution < -0.4 is 10.5 Å². The van der Waals surface area contributed by atoms with Gasteiger partial charge in [-0.2, -0.15) is 0 Å². The topological polar surface area (TPSA) is 68.8 Å². The molecule has 50 valence electrons. The molecular formula is C4H9N4O+. The standard InChI is InChI=1S/C4H9N4O/c1-2-3-8-6-4(5)9-7-8/h2-3H2,1H3,(H2,5,6,7)/q+1. The number of aryl methyl sites for hydroxylation is 1. The van der Waals surface area contributed by atoms with Crippen LogP contribution in [-0.2, 0) is 6.54 Å². The zero-order chi connectivity index (χ0) is 6.69. The summed E-state index contributed by atoms with van der Waals surface area (Å²) >= 11 is 0. The van der Waals surface area contributed by atoms with Gasteiger partial charge in [-0.15, -0.1) is 0 Å². The van der Waals surface area contributed by atoms with Crippen molar-refractivity contribution in [3.63, 3.8) is 0 Å². The van der Waals surface area contributed by atoms with Crippen molar-refractivity contribution in [2.75, 3.05) is 5.73 Å². The molecule has 0 spiro atoms. The Bertz CT molecular complexity index is 184. The van der Waals surface area contributed by atoms with Gasteiger partial charge in [0.25, 0.3) is 0 Å². The van der Waals surface area contributed by atoms with Crippen LogP contribution in [0, 0.1) is 0 Å². The van der Waals surface area contributed by atoms with E-state index in [2.05, 4.69) is 14.9 Å². The summed E-state index contributed by atoms with van der Waals surface area (Å²) in [4.78, 5) is 1.43. The normalized spacial score (nSPS) is 9.89. The van der Waals surface area contributed by atoms with E-state index in [0.717, 1.165) is 13.0 Å². The van der Waals surface area contributed by atoms with E-state index in [9.17, 15) is 0 Å². The van der Waals surface area contributed by atoms with Gasteiger partial charge in [0.1, 0.15) is 0 Å². The lowest BCUT2D eigenvalue weighted by molar-refractivity contribution is -0.811. The van der Waals surface area contributed by atoms with Gasteiger partial charge in [0.05, 0.1) is 9.90 Å². The molecule has 5 nitrogen and oxygen atoms in total. The molecule has 0 saturated heterocycles.